The van der Waals surface area contributed by atoms with Crippen molar-refractivity contribution in [3.8, 4) is 0 Å². The van der Waals surface area contributed by atoms with Crippen LogP contribution in [0.15, 0.2) is 12.7 Å². The minimum absolute atomic E-state index is 0.0298. The normalized spacial score (nSPS) is 20.9. The molecule has 0 radical (unpaired) electrons. The molecule has 0 spiro atoms. The number of methoxy groups -OCH3 is 1. The number of carbonyl (C=O) groups excluding carboxylic acids is 3. The van der Waals surface area contributed by atoms with Crippen LogP contribution < -0.4 is 5.32 Å². The first-order valence-electron chi connectivity index (χ1n) is 10.3. The molecule has 0 aromatic carbocycles. The molecule has 1 saturated heterocycles. The first kappa shape index (κ1) is 25.9. The molecule has 1 heterocycles. The minimum Gasteiger partial charge on any atom is -0.467 e. The average Bonchev–Trinajstić information content (AvgIpc) is 3.06. The Balaban J connectivity index is 3.06. The Hall–Kier alpha value is -2.13. The number of alkyl carbamates (subject to hydrolysis) is 1. The third kappa shape index (κ3) is 7.95. The van der Waals surface area contributed by atoms with Crippen molar-refractivity contribution in [1.29, 1.82) is 0 Å². The number of rotatable bonds is 10. The number of ether oxygens (including phenoxy) is 3. The van der Waals surface area contributed by atoms with Gasteiger partial charge in [0.15, 0.2) is 0 Å². The van der Waals surface area contributed by atoms with E-state index in [1.165, 1.54) is 12.0 Å². The fraction of sp³-hybridized carbons (Fsp3) is 0.762. The second kappa shape index (κ2) is 11.9. The lowest BCUT2D eigenvalue weighted by Gasteiger charge is -2.32. The highest BCUT2D eigenvalue weighted by atomic mass is 16.6. The largest absolute Gasteiger partial charge is 0.467 e. The van der Waals surface area contributed by atoms with Gasteiger partial charge in [0.25, 0.3) is 0 Å². The second-order valence-corrected chi connectivity index (χ2v) is 8.29. The predicted molar refractivity (Wildman–Crippen MR) is 111 cm³/mol. The molecule has 0 aromatic rings. The molecular formula is C21H36N2O7. The molecule has 0 aliphatic carbocycles. The molecule has 2 unspecified atom stereocenters. The van der Waals surface area contributed by atoms with E-state index in [2.05, 4.69) is 11.9 Å². The van der Waals surface area contributed by atoms with E-state index >= 15 is 0 Å². The molecule has 4 atom stereocenters. The molecule has 1 aliphatic heterocycles. The fourth-order valence-corrected chi connectivity index (χ4v) is 3.26. The lowest BCUT2D eigenvalue weighted by molar-refractivity contribution is -0.153. The standard InChI is InChI=1S/C21H36N2O7/c1-7-9-10-11-29-16(8-2)17(22-20(27)30-21(3,4)5)18(25)23-13-14(24)12-15(23)19(26)28-6/h7,14-17,24H,1,8-13H2,2-6H3,(H,22,27)/t14?,15?,16-,17-/m0/s1. The van der Waals surface area contributed by atoms with Crippen LogP contribution in [0.4, 0.5) is 4.79 Å². The minimum atomic E-state index is -1.08. The first-order valence-corrected chi connectivity index (χ1v) is 10.3. The fourth-order valence-electron chi connectivity index (χ4n) is 3.26. The number of carbonyl (C=O) groups is 3. The number of hydrogen-bond donors (Lipinski definition) is 2. The zero-order valence-electron chi connectivity index (χ0n) is 18.7. The maximum Gasteiger partial charge on any atom is 0.408 e. The molecule has 1 fully saturated rings. The highest BCUT2D eigenvalue weighted by Crippen LogP contribution is 2.22. The van der Waals surface area contributed by atoms with Gasteiger partial charge in [-0.05, 0) is 40.0 Å². The van der Waals surface area contributed by atoms with E-state index in [1.54, 1.807) is 26.8 Å². The monoisotopic (exact) mass is 428 g/mol. The topological polar surface area (TPSA) is 114 Å². The van der Waals surface area contributed by atoms with Gasteiger partial charge in [-0.1, -0.05) is 13.0 Å². The predicted octanol–water partition coefficient (Wildman–Crippen LogP) is 1.78. The maximum atomic E-state index is 13.4. The van der Waals surface area contributed by atoms with E-state index in [1.807, 2.05) is 6.92 Å². The molecule has 0 saturated carbocycles. The molecule has 2 amide bonds. The molecule has 1 rings (SSSR count). The summed E-state index contributed by atoms with van der Waals surface area (Å²) in [6, 6.07) is -2.00. The number of unbranched alkanes of at least 4 members (excludes halogenated alkanes) is 1. The smallest absolute Gasteiger partial charge is 0.408 e. The van der Waals surface area contributed by atoms with Crippen LogP contribution >= 0.6 is 0 Å². The van der Waals surface area contributed by atoms with Gasteiger partial charge >= 0.3 is 12.1 Å². The molecule has 9 nitrogen and oxygen atoms in total. The van der Waals surface area contributed by atoms with Crippen molar-refractivity contribution < 1.29 is 33.7 Å². The summed E-state index contributed by atoms with van der Waals surface area (Å²) in [6.45, 7) is 11.0. The van der Waals surface area contributed by atoms with E-state index in [0.29, 0.717) is 13.0 Å². The number of esters is 1. The molecule has 172 valence electrons. The molecule has 9 heteroatoms. The Labute approximate surface area is 178 Å². The van der Waals surface area contributed by atoms with Gasteiger partial charge in [-0.2, -0.15) is 0 Å². The van der Waals surface area contributed by atoms with E-state index < -0.39 is 47.9 Å². The number of aliphatic hydroxyl groups is 1. The zero-order chi connectivity index (χ0) is 22.9. The van der Waals surface area contributed by atoms with Gasteiger partial charge in [-0.25, -0.2) is 9.59 Å². The molecular weight excluding hydrogens is 392 g/mol. The van der Waals surface area contributed by atoms with Crippen LogP contribution in [0, 0.1) is 0 Å². The quantitative estimate of drug-likeness (QED) is 0.310. The Kier molecular flexibility index (Phi) is 10.3. The summed E-state index contributed by atoms with van der Waals surface area (Å²) in [7, 11) is 1.23. The number of hydrogen-bond acceptors (Lipinski definition) is 7. The molecule has 0 bridgehead atoms. The van der Waals surface area contributed by atoms with Gasteiger partial charge in [0.05, 0.1) is 19.3 Å². The van der Waals surface area contributed by atoms with Crippen molar-refractivity contribution in [1.82, 2.24) is 10.2 Å². The van der Waals surface area contributed by atoms with E-state index in [0.717, 1.165) is 12.8 Å². The first-order chi connectivity index (χ1) is 14.0. The SMILES string of the molecule is C=CCCCO[C@@H](CC)[C@H](NC(=O)OC(C)(C)C)C(=O)N1CC(O)CC1C(=O)OC. The highest BCUT2D eigenvalue weighted by Gasteiger charge is 2.44. The molecule has 0 aromatic heterocycles. The lowest BCUT2D eigenvalue weighted by atomic mass is 10.1. The summed E-state index contributed by atoms with van der Waals surface area (Å²) in [6.07, 6.45) is 1.53. The second-order valence-electron chi connectivity index (χ2n) is 8.29. The zero-order valence-corrected chi connectivity index (χ0v) is 18.7. The van der Waals surface area contributed by atoms with Gasteiger partial charge in [-0.15, -0.1) is 6.58 Å². The van der Waals surface area contributed by atoms with Crippen LogP contribution in [0.3, 0.4) is 0 Å². The number of aliphatic hydroxyl groups excluding tert-OH is 1. The van der Waals surface area contributed by atoms with Crippen LogP contribution in [0.25, 0.3) is 0 Å². The Morgan fingerprint density at radius 1 is 1.33 bits per heavy atom. The van der Waals surface area contributed by atoms with Crippen molar-refractivity contribution in [2.24, 2.45) is 0 Å². The number of β-amino-alcohol motifs (C(OH)–C–C–N with tert-alkyl or cyclic N) is 1. The van der Waals surface area contributed by atoms with E-state index in [4.69, 9.17) is 14.2 Å². The molecule has 1 aliphatic rings. The summed E-state index contributed by atoms with van der Waals surface area (Å²) in [5.41, 5.74) is -0.747. The third-order valence-electron chi connectivity index (χ3n) is 4.63. The van der Waals surface area contributed by atoms with Crippen molar-refractivity contribution >= 4 is 18.0 Å². The number of nitrogens with zero attached hydrogens (tertiary/aromatic N) is 1. The summed E-state index contributed by atoms with van der Waals surface area (Å²) >= 11 is 0. The summed E-state index contributed by atoms with van der Waals surface area (Å²) in [4.78, 5) is 39.1. The Morgan fingerprint density at radius 3 is 2.53 bits per heavy atom. The van der Waals surface area contributed by atoms with Gasteiger partial charge in [0.1, 0.15) is 17.7 Å². The number of nitrogens with one attached hydrogen (secondary N) is 1. The van der Waals surface area contributed by atoms with Crippen LogP contribution in [0.5, 0.6) is 0 Å². The van der Waals surface area contributed by atoms with Crippen LogP contribution in [0.2, 0.25) is 0 Å². The van der Waals surface area contributed by atoms with Crippen molar-refractivity contribution in [3.63, 3.8) is 0 Å². The third-order valence-corrected chi connectivity index (χ3v) is 4.63. The van der Waals surface area contributed by atoms with E-state index in [-0.39, 0.29) is 13.0 Å². The maximum absolute atomic E-state index is 13.4. The van der Waals surface area contributed by atoms with Gasteiger partial charge < -0.3 is 29.5 Å². The van der Waals surface area contributed by atoms with E-state index in [9.17, 15) is 19.5 Å². The van der Waals surface area contributed by atoms with Crippen LogP contribution in [0.1, 0.15) is 53.4 Å². The van der Waals surface area contributed by atoms with Crippen LogP contribution in [-0.2, 0) is 23.8 Å². The number of amides is 2. The number of likely N-dealkylation sites (tertiary alicyclic amines) is 1. The lowest BCUT2D eigenvalue weighted by Crippen LogP contribution is -2.57. The summed E-state index contributed by atoms with van der Waals surface area (Å²) in [5, 5.41) is 12.6. The summed E-state index contributed by atoms with van der Waals surface area (Å²) in [5.74, 6) is -1.14. The average molecular weight is 429 g/mol. The van der Waals surface area contributed by atoms with Crippen LogP contribution in [-0.4, -0.2) is 78.1 Å². The molecule has 30 heavy (non-hydrogen) atoms. The van der Waals surface area contributed by atoms with Crippen molar-refractivity contribution in [2.75, 3.05) is 20.3 Å². The highest BCUT2D eigenvalue weighted by molar-refractivity contribution is 5.90. The van der Waals surface area contributed by atoms with Gasteiger partial charge in [0.2, 0.25) is 5.91 Å². The van der Waals surface area contributed by atoms with Crippen molar-refractivity contribution in [2.45, 2.75) is 83.3 Å². The van der Waals surface area contributed by atoms with Gasteiger partial charge in [-0.3, -0.25) is 4.79 Å². The molecule has 2 N–H and O–H groups in total. The van der Waals surface area contributed by atoms with Gasteiger partial charge in [0, 0.05) is 19.6 Å². The Bertz CT molecular complexity index is 603. The summed E-state index contributed by atoms with van der Waals surface area (Å²) < 4.78 is 15.9. The Morgan fingerprint density at radius 2 is 2.00 bits per heavy atom. The number of allylic oxidation sites excluding steroid dienone is 1. The van der Waals surface area contributed by atoms with Crippen molar-refractivity contribution in [3.05, 3.63) is 12.7 Å².